The molecule has 1 N–H and O–H groups in total. The zero-order valence-corrected chi connectivity index (χ0v) is 18.2. The summed E-state index contributed by atoms with van der Waals surface area (Å²) < 4.78 is 34.4. The monoisotopic (exact) mass is 466 g/mol. The Bertz CT molecular complexity index is 1480. The van der Waals surface area contributed by atoms with Crippen LogP contribution in [-0.2, 0) is 7.05 Å². The van der Waals surface area contributed by atoms with Gasteiger partial charge in [-0.3, -0.25) is 4.79 Å². The predicted octanol–water partition coefficient (Wildman–Crippen LogP) is 3.75. The highest BCUT2D eigenvalue weighted by molar-refractivity contribution is 5.93. The molecule has 0 spiro atoms. The van der Waals surface area contributed by atoms with Crippen LogP contribution in [0.25, 0.3) is 21.9 Å². The molecule has 5 rings (SSSR count). The van der Waals surface area contributed by atoms with E-state index in [-0.39, 0.29) is 17.0 Å². The van der Waals surface area contributed by atoms with Crippen molar-refractivity contribution < 1.29 is 23.4 Å². The molecule has 34 heavy (non-hydrogen) atoms. The van der Waals surface area contributed by atoms with Crippen LogP contribution in [0.1, 0.15) is 0 Å². The molecule has 2 aromatic heterocycles. The van der Waals surface area contributed by atoms with E-state index in [9.17, 15) is 14.0 Å². The van der Waals surface area contributed by atoms with Gasteiger partial charge >= 0.3 is 6.16 Å². The van der Waals surface area contributed by atoms with E-state index in [0.29, 0.717) is 48.4 Å². The average Bonchev–Trinajstić information content (AvgIpc) is 2.81. The number of hydrogen-bond acceptors (Lipinski definition) is 6. The fourth-order valence-corrected chi connectivity index (χ4v) is 4.30. The SMILES string of the molecule is Cn1cc(OC(=O)O)c(=O)c2cc3cc(F)c(N4CCN(c5ccc(F)cc5)CC4)cc3nc21. The first-order valence-corrected chi connectivity index (χ1v) is 10.6. The molecule has 8 nitrogen and oxygen atoms in total. The maximum absolute atomic E-state index is 15.1. The van der Waals surface area contributed by atoms with E-state index >= 15 is 4.39 Å². The Labute approximate surface area is 192 Å². The number of benzene rings is 2. The smallest absolute Gasteiger partial charge is 0.449 e. The second kappa shape index (κ2) is 8.29. The van der Waals surface area contributed by atoms with Gasteiger partial charge < -0.3 is 24.2 Å². The zero-order chi connectivity index (χ0) is 24.0. The molecule has 1 aliphatic rings. The first-order valence-electron chi connectivity index (χ1n) is 10.6. The van der Waals surface area contributed by atoms with Gasteiger partial charge in [0, 0.05) is 44.3 Å². The van der Waals surface area contributed by atoms with Crippen LogP contribution in [0, 0.1) is 11.6 Å². The van der Waals surface area contributed by atoms with Gasteiger partial charge in [-0.1, -0.05) is 0 Å². The summed E-state index contributed by atoms with van der Waals surface area (Å²) in [5.41, 5.74) is 1.53. The van der Waals surface area contributed by atoms with Crippen LogP contribution in [0.3, 0.4) is 0 Å². The lowest BCUT2D eigenvalue weighted by Gasteiger charge is -2.37. The van der Waals surface area contributed by atoms with Crippen LogP contribution in [0.15, 0.2) is 53.5 Å². The van der Waals surface area contributed by atoms with Crippen LogP contribution in [0.2, 0.25) is 0 Å². The van der Waals surface area contributed by atoms with Crippen LogP contribution < -0.4 is 20.0 Å². The molecule has 1 saturated heterocycles. The highest BCUT2D eigenvalue weighted by Gasteiger charge is 2.21. The lowest BCUT2D eigenvalue weighted by atomic mass is 10.1. The van der Waals surface area contributed by atoms with Crippen molar-refractivity contribution in [1.29, 1.82) is 0 Å². The minimum Gasteiger partial charge on any atom is -0.449 e. The third kappa shape index (κ3) is 3.87. The quantitative estimate of drug-likeness (QED) is 0.363. The van der Waals surface area contributed by atoms with Gasteiger partial charge in [-0.15, -0.1) is 0 Å². The average molecular weight is 466 g/mol. The van der Waals surface area contributed by atoms with Gasteiger partial charge in [-0.2, -0.15) is 0 Å². The second-order valence-corrected chi connectivity index (χ2v) is 8.11. The summed E-state index contributed by atoms with van der Waals surface area (Å²) in [6.45, 7) is 2.44. The van der Waals surface area contributed by atoms with E-state index in [1.165, 1.54) is 35.0 Å². The third-order valence-corrected chi connectivity index (χ3v) is 5.99. The number of carbonyl (C=O) groups is 1. The largest absolute Gasteiger partial charge is 0.511 e. The van der Waals surface area contributed by atoms with Gasteiger partial charge in [0.15, 0.2) is 5.75 Å². The highest BCUT2D eigenvalue weighted by Crippen LogP contribution is 2.29. The second-order valence-electron chi connectivity index (χ2n) is 8.11. The Hall–Kier alpha value is -4.21. The summed E-state index contributed by atoms with van der Waals surface area (Å²) >= 11 is 0. The van der Waals surface area contributed by atoms with Crippen LogP contribution in [-0.4, -0.2) is 47.0 Å². The Morgan fingerprint density at radius 1 is 1.03 bits per heavy atom. The van der Waals surface area contributed by atoms with E-state index in [1.807, 2.05) is 4.90 Å². The topological polar surface area (TPSA) is 87.9 Å². The molecule has 0 bridgehead atoms. The fourth-order valence-electron chi connectivity index (χ4n) is 4.30. The van der Waals surface area contributed by atoms with Crippen molar-refractivity contribution in [3.8, 4) is 5.75 Å². The van der Waals surface area contributed by atoms with Crippen LogP contribution >= 0.6 is 0 Å². The number of ether oxygens (including phenoxy) is 1. The Morgan fingerprint density at radius 2 is 1.71 bits per heavy atom. The van der Waals surface area contributed by atoms with E-state index < -0.39 is 17.4 Å². The molecule has 174 valence electrons. The van der Waals surface area contributed by atoms with Crippen molar-refractivity contribution in [1.82, 2.24) is 9.55 Å². The third-order valence-electron chi connectivity index (χ3n) is 5.99. The summed E-state index contributed by atoms with van der Waals surface area (Å²) in [5, 5.41) is 9.40. The molecule has 1 fully saturated rings. The lowest BCUT2D eigenvalue weighted by molar-refractivity contribution is 0.144. The van der Waals surface area contributed by atoms with Crippen molar-refractivity contribution >= 4 is 39.5 Å². The van der Waals surface area contributed by atoms with Gasteiger partial charge in [0.05, 0.1) is 22.8 Å². The molecular formula is C24H20F2N4O4. The number of carboxylic acid groups (broad SMARTS) is 1. The standard InChI is InChI=1S/C24H20F2N4O4/c1-28-13-21(34-24(32)33)22(31)17-10-14-11-18(26)20(12-19(14)27-23(17)28)30-8-6-29(7-9-30)16-4-2-15(25)3-5-16/h2-5,10-13H,6-9H2,1H3,(H,32,33). The first-order chi connectivity index (χ1) is 16.3. The molecule has 2 aromatic carbocycles. The minimum atomic E-state index is -1.60. The fraction of sp³-hybridized carbons (Fsp3) is 0.208. The zero-order valence-electron chi connectivity index (χ0n) is 18.2. The molecule has 10 heteroatoms. The summed E-state index contributed by atoms with van der Waals surface area (Å²) in [4.78, 5) is 32.1. The van der Waals surface area contributed by atoms with Crippen LogP contribution in [0.5, 0.6) is 5.75 Å². The number of rotatable bonds is 3. The van der Waals surface area contributed by atoms with Gasteiger partial charge in [0.25, 0.3) is 0 Å². The molecule has 1 aliphatic heterocycles. The van der Waals surface area contributed by atoms with E-state index in [0.717, 1.165) is 5.69 Å². The van der Waals surface area contributed by atoms with Crippen molar-refractivity contribution in [2.45, 2.75) is 0 Å². The van der Waals surface area contributed by atoms with Gasteiger partial charge in [0.2, 0.25) is 5.43 Å². The molecule has 0 unspecified atom stereocenters. The number of pyridine rings is 2. The van der Waals surface area contributed by atoms with Crippen LogP contribution in [0.4, 0.5) is 25.0 Å². The minimum absolute atomic E-state index is 0.133. The predicted molar refractivity (Wildman–Crippen MR) is 124 cm³/mol. The van der Waals surface area contributed by atoms with E-state index in [1.54, 1.807) is 25.2 Å². The number of fused-ring (bicyclic) bond motifs is 2. The molecule has 0 radical (unpaired) electrons. The van der Waals surface area contributed by atoms with Crippen molar-refractivity contribution in [2.24, 2.45) is 7.05 Å². The number of hydrogen-bond donors (Lipinski definition) is 1. The van der Waals surface area contributed by atoms with E-state index in [4.69, 9.17) is 5.11 Å². The molecule has 0 aliphatic carbocycles. The van der Waals surface area contributed by atoms with Crippen molar-refractivity contribution in [3.05, 3.63) is 70.5 Å². The first kappa shape index (κ1) is 21.6. The maximum Gasteiger partial charge on any atom is 0.511 e. The number of nitrogens with zero attached hydrogens (tertiary/aromatic N) is 4. The van der Waals surface area contributed by atoms with Crippen molar-refractivity contribution in [3.63, 3.8) is 0 Å². The normalized spacial score (nSPS) is 14.1. The lowest BCUT2D eigenvalue weighted by Crippen LogP contribution is -2.46. The summed E-state index contributed by atoms with van der Waals surface area (Å²) in [5.74, 6) is -1.08. The van der Waals surface area contributed by atoms with Gasteiger partial charge in [0.1, 0.15) is 17.3 Å². The summed E-state index contributed by atoms with van der Waals surface area (Å²) in [6, 6.07) is 10.8. The molecular weight excluding hydrogens is 446 g/mol. The molecule has 0 atom stereocenters. The van der Waals surface area contributed by atoms with E-state index in [2.05, 4.69) is 14.6 Å². The number of piperazine rings is 1. The van der Waals surface area contributed by atoms with Gasteiger partial charge in [-0.05, 0) is 42.5 Å². The Balaban J connectivity index is 1.47. The number of aromatic nitrogens is 2. The highest BCUT2D eigenvalue weighted by atomic mass is 19.1. The summed E-state index contributed by atoms with van der Waals surface area (Å²) in [7, 11) is 1.62. The van der Waals surface area contributed by atoms with Crippen molar-refractivity contribution in [2.75, 3.05) is 36.0 Å². The number of anilines is 2. The Kier molecular flexibility index (Phi) is 5.27. The molecule has 0 amide bonds. The molecule has 3 heterocycles. The maximum atomic E-state index is 15.1. The summed E-state index contributed by atoms with van der Waals surface area (Å²) in [6.07, 6.45) is -0.336. The molecule has 0 saturated carbocycles. The number of halogens is 2. The Morgan fingerprint density at radius 3 is 2.38 bits per heavy atom. The van der Waals surface area contributed by atoms with Gasteiger partial charge in [-0.25, -0.2) is 18.6 Å². The number of aryl methyl sites for hydroxylation is 1. The molecule has 4 aromatic rings.